The Morgan fingerprint density at radius 2 is 2.22 bits per heavy atom. The molecule has 3 rings (SSSR count). The van der Waals surface area contributed by atoms with Crippen LogP contribution in [0, 0.1) is 17.3 Å². The fraction of sp³-hybridized carbons (Fsp3) is 0.611. The molecule has 2 aliphatic rings. The summed E-state index contributed by atoms with van der Waals surface area (Å²) < 4.78 is 0. The second-order valence-corrected chi connectivity index (χ2v) is 7.30. The molecule has 1 spiro atoms. The molecule has 0 N–H and O–H groups in total. The molecular weight excluding hydrogens is 290 g/mol. The average Bonchev–Trinajstić information content (AvgIpc) is 3.06. The lowest BCUT2D eigenvalue weighted by atomic mass is 10.0. The van der Waals surface area contributed by atoms with Crippen molar-refractivity contribution in [1.29, 1.82) is 0 Å². The van der Waals surface area contributed by atoms with Crippen molar-refractivity contribution < 1.29 is 9.59 Å². The molecular formula is C18H25N3O2. The van der Waals surface area contributed by atoms with E-state index in [1.165, 1.54) is 0 Å². The minimum absolute atomic E-state index is 0.0323. The Morgan fingerprint density at radius 3 is 2.87 bits per heavy atom. The number of aromatic nitrogens is 1. The van der Waals surface area contributed by atoms with Gasteiger partial charge in [-0.15, -0.1) is 0 Å². The number of likely N-dealkylation sites (tertiary alicyclic amines) is 1. The molecule has 1 aromatic rings. The Labute approximate surface area is 137 Å². The maximum Gasteiger partial charge on any atom is 0.226 e. The molecule has 2 fully saturated rings. The van der Waals surface area contributed by atoms with E-state index in [-0.39, 0.29) is 29.1 Å². The number of hydrogen-bond donors (Lipinski definition) is 0. The van der Waals surface area contributed by atoms with E-state index < -0.39 is 0 Å². The summed E-state index contributed by atoms with van der Waals surface area (Å²) in [5.41, 5.74) is 0.945. The Hall–Kier alpha value is -1.91. The first-order valence-corrected chi connectivity index (χ1v) is 8.37. The van der Waals surface area contributed by atoms with Crippen LogP contribution in [-0.2, 0) is 16.1 Å². The van der Waals surface area contributed by atoms with Crippen LogP contribution in [0.25, 0.3) is 0 Å². The minimum Gasteiger partial charge on any atom is -0.342 e. The van der Waals surface area contributed by atoms with Crippen LogP contribution in [0.2, 0.25) is 0 Å². The van der Waals surface area contributed by atoms with Gasteiger partial charge in [-0.3, -0.25) is 14.6 Å². The third-order valence-electron chi connectivity index (χ3n) is 5.18. The Bertz CT molecular complexity index is 602. The summed E-state index contributed by atoms with van der Waals surface area (Å²) in [5.74, 6) is 0.502. The highest BCUT2D eigenvalue weighted by molar-refractivity contribution is 5.83. The van der Waals surface area contributed by atoms with Gasteiger partial charge in [0.2, 0.25) is 11.8 Å². The largest absolute Gasteiger partial charge is 0.342 e. The molecule has 2 atom stereocenters. The van der Waals surface area contributed by atoms with Crippen molar-refractivity contribution in [3.05, 3.63) is 30.1 Å². The Balaban J connectivity index is 1.58. The maximum absolute atomic E-state index is 12.7. The van der Waals surface area contributed by atoms with E-state index >= 15 is 0 Å². The quantitative estimate of drug-likeness (QED) is 0.853. The van der Waals surface area contributed by atoms with E-state index in [4.69, 9.17) is 0 Å². The zero-order valence-corrected chi connectivity index (χ0v) is 14.2. The SMILES string of the molecule is CC(C)C(=O)N1CC[C@]2(C[C@@H]2C(=O)N(C)Cc2ccccn2)C1. The summed E-state index contributed by atoms with van der Waals surface area (Å²) in [6.07, 6.45) is 3.62. The molecule has 1 saturated heterocycles. The van der Waals surface area contributed by atoms with Crippen molar-refractivity contribution >= 4 is 11.8 Å². The molecule has 1 saturated carbocycles. The molecule has 0 aromatic carbocycles. The van der Waals surface area contributed by atoms with Crippen LogP contribution in [0.15, 0.2) is 24.4 Å². The monoisotopic (exact) mass is 315 g/mol. The van der Waals surface area contributed by atoms with Crippen LogP contribution >= 0.6 is 0 Å². The smallest absolute Gasteiger partial charge is 0.226 e. The third-order valence-corrected chi connectivity index (χ3v) is 5.18. The van der Waals surface area contributed by atoms with Crippen LogP contribution in [0.1, 0.15) is 32.4 Å². The van der Waals surface area contributed by atoms with Gasteiger partial charge in [0.1, 0.15) is 0 Å². The molecule has 124 valence electrons. The van der Waals surface area contributed by atoms with Gasteiger partial charge in [-0.2, -0.15) is 0 Å². The van der Waals surface area contributed by atoms with Crippen molar-refractivity contribution in [2.75, 3.05) is 20.1 Å². The summed E-state index contributed by atoms with van der Waals surface area (Å²) in [7, 11) is 1.84. The minimum atomic E-state index is 0.0323. The fourth-order valence-electron chi connectivity index (χ4n) is 3.68. The third kappa shape index (κ3) is 3.09. The molecule has 0 bridgehead atoms. The highest BCUT2D eigenvalue weighted by Crippen LogP contribution is 2.59. The van der Waals surface area contributed by atoms with E-state index in [1.807, 2.05) is 44.0 Å². The van der Waals surface area contributed by atoms with Gasteiger partial charge in [-0.1, -0.05) is 19.9 Å². The molecule has 2 amide bonds. The summed E-state index contributed by atoms with van der Waals surface area (Å²) in [6, 6.07) is 5.75. The highest BCUT2D eigenvalue weighted by atomic mass is 16.2. The molecule has 5 heteroatoms. The normalized spacial score (nSPS) is 25.9. The van der Waals surface area contributed by atoms with Gasteiger partial charge in [0, 0.05) is 43.6 Å². The number of amides is 2. The van der Waals surface area contributed by atoms with E-state index in [9.17, 15) is 9.59 Å². The number of nitrogens with zero attached hydrogens (tertiary/aromatic N) is 3. The maximum atomic E-state index is 12.7. The van der Waals surface area contributed by atoms with Crippen molar-refractivity contribution in [2.24, 2.45) is 17.3 Å². The lowest BCUT2D eigenvalue weighted by Gasteiger charge is -2.20. The number of carbonyl (C=O) groups excluding carboxylic acids is 2. The average molecular weight is 315 g/mol. The van der Waals surface area contributed by atoms with Crippen molar-refractivity contribution in [3.63, 3.8) is 0 Å². The first-order valence-electron chi connectivity index (χ1n) is 8.37. The lowest BCUT2D eigenvalue weighted by molar-refractivity contribution is -0.135. The van der Waals surface area contributed by atoms with E-state index in [0.717, 1.165) is 31.6 Å². The molecule has 1 aromatic heterocycles. The van der Waals surface area contributed by atoms with E-state index in [1.54, 1.807) is 11.1 Å². The second kappa shape index (κ2) is 5.95. The van der Waals surface area contributed by atoms with Gasteiger partial charge in [0.15, 0.2) is 0 Å². The van der Waals surface area contributed by atoms with Crippen molar-refractivity contribution in [3.8, 4) is 0 Å². The summed E-state index contributed by atoms with van der Waals surface area (Å²) in [5, 5.41) is 0. The first-order chi connectivity index (χ1) is 10.9. The molecule has 5 nitrogen and oxygen atoms in total. The van der Waals surface area contributed by atoms with Crippen LogP contribution < -0.4 is 0 Å². The molecule has 0 radical (unpaired) electrons. The predicted molar refractivity (Wildman–Crippen MR) is 87.3 cm³/mol. The first kappa shape index (κ1) is 16.0. The topological polar surface area (TPSA) is 53.5 Å². The summed E-state index contributed by atoms with van der Waals surface area (Å²) in [4.78, 5) is 32.8. The van der Waals surface area contributed by atoms with Crippen LogP contribution in [0.5, 0.6) is 0 Å². The number of carbonyl (C=O) groups is 2. The van der Waals surface area contributed by atoms with Gasteiger partial charge in [0.25, 0.3) is 0 Å². The number of hydrogen-bond acceptors (Lipinski definition) is 3. The molecule has 2 heterocycles. The van der Waals surface area contributed by atoms with Gasteiger partial charge in [-0.25, -0.2) is 0 Å². The molecule has 1 aliphatic heterocycles. The predicted octanol–water partition coefficient (Wildman–Crippen LogP) is 1.93. The standard InChI is InChI=1S/C18H25N3O2/c1-13(2)16(22)21-9-7-18(12-21)10-15(18)17(23)20(3)11-14-6-4-5-8-19-14/h4-6,8,13,15H,7,9-12H2,1-3H3/t15-,18+/m1/s1. The second-order valence-electron chi connectivity index (χ2n) is 7.30. The Morgan fingerprint density at radius 1 is 1.43 bits per heavy atom. The molecule has 0 unspecified atom stereocenters. The van der Waals surface area contributed by atoms with Crippen LogP contribution in [0.4, 0.5) is 0 Å². The molecule has 23 heavy (non-hydrogen) atoms. The lowest BCUT2D eigenvalue weighted by Crippen LogP contribution is -2.34. The highest BCUT2D eigenvalue weighted by Gasteiger charge is 2.61. The molecule has 1 aliphatic carbocycles. The van der Waals surface area contributed by atoms with Crippen LogP contribution in [-0.4, -0.2) is 46.7 Å². The Kier molecular flexibility index (Phi) is 4.13. The van der Waals surface area contributed by atoms with Crippen molar-refractivity contribution in [2.45, 2.75) is 33.2 Å². The number of pyridine rings is 1. The van der Waals surface area contributed by atoms with Gasteiger partial charge in [0.05, 0.1) is 12.2 Å². The fourth-order valence-corrected chi connectivity index (χ4v) is 3.68. The summed E-state index contributed by atoms with van der Waals surface area (Å²) in [6.45, 7) is 5.95. The zero-order valence-electron chi connectivity index (χ0n) is 14.2. The van der Waals surface area contributed by atoms with Gasteiger partial charge >= 0.3 is 0 Å². The van der Waals surface area contributed by atoms with Gasteiger partial charge in [-0.05, 0) is 25.0 Å². The number of rotatable bonds is 4. The van der Waals surface area contributed by atoms with Gasteiger partial charge < -0.3 is 9.80 Å². The van der Waals surface area contributed by atoms with Crippen molar-refractivity contribution in [1.82, 2.24) is 14.8 Å². The van der Waals surface area contributed by atoms with E-state index in [0.29, 0.717) is 6.54 Å². The van der Waals surface area contributed by atoms with Crippen LogP contribution in [0.3, 0.4) is 0 Å². The zero-order chi connectivity index (χ0) is 16.6. The van der Waals surface area contributed by atoms with E-state index in [2.05, 4.69) is 4.98 Å². The summed E-state index contributed by atoms with van der Waals surface area (Å²) >= 11 is 0.